The molecule has 1 aromatic carbocycles. The van der Waals surface area contributed by atoms with E-state index in [2.05, 4.69) is 5.32 Å². The van der Waals surface area contributed by atoms with Gasteiger partial charge in [-0.3, -0.25) is 19.3 Å². The lowest BCUT2D eigenvalue weighted by atomic mass is 9.95. The third kappa shape index (κ3) is 4.64. The first kappa shape index (κ1) is 23.8. The van der Waals surface area contributed by atoms with Gasteiger partial charge in [0.1, 0.15) is 0 Å². The van der Waals surface area contributed by atoms with E-state index < -0.39 is 6.04 Å². The predicted octanol–water partition coefficient (Wildman–Crippen LogP) is 2.06. The number of likely N-dealkylation sites (tertiary alicyclic amines) is 1. The van der Waals surface area contributed by atoms with Crippen LogP contribution in [0.5, 0.6) is 0 Å². The third-order valence-corrected chi connectivity index (χ3v) is 6.81. The highest BCUT2D eigenvalue weighted by molar-refractivity contribution is 6.01. The number of esters is 1. The van der Waals surface area contributed by atoms with Crippen LogP contribution in [0.2, 0.25) is 0 Å². The topological polar surface area (TPSA) is 99.3 Å². The van der Waals surface area contributed by atoms with Crippen molar-refractivity contribution in [3.05, 3.63) is 47.2 Å². The predicted molar refractivity (Wildman–Crippen MR) is 124 cm³/mol. The van der Waals surface area contributed by atoms with E-state index in [0.29, 0.717) is 56.9 Å². The van der Waals surface area contributed by atoms with Crippen LogP contribution in [0.3, 0.4) is 0 Å². The second-order valence-electron chi connectivity index (χ2n) is 8.78. The van der Waals surface area contributed by atoms with E-state index in [1.807, 2.05) is 37.3 Å². The molecule has 0 aliphatic carbocycles. The quantitative estimate of drug-likeness (QED) is 0.618. The van der Waals surface area contributed by atoms with Gasteiger partial charge in [-0.25, -0.2) is 4.79 Å². The van der Waals surface area contributed by atoms with Crippen molar-refractivity contribution in [3.8, 4) is 0 Å². The molecule has 9 nitrogen and oxygen atoms in total. The zero-order valence-electron chi connectivity index (χ0n) is 19.8. The molecule has 0 saturated carbocycles. The van der Waals surface area contributed by atoms with Gasteiger partial charge in [0, 0.05) is 32.6 Å². The van der Waals surface area contributed by atoms with Crippen molar-refractivity contribution in [1.29, 1.82) is 0 Å². The Morgan fingerprint density at radius 3 is 2.44 bits per heavy atom. The fourth-order valence-corrected chi connectivity index (χ4v) is 4.97. The summed E-state index contributed by atoms with van der Waals surface area (Å²) in [4.78, 5) is 55.9. The van der Waals surface area contributed by atoms with Crippen LogP contribution in [0.15, 0.2) is 41.6 Å². The van der Waals surface area contributed by atoms with Crippen LogP contribution < -0.4 is 5.32 Å². The summed E-state index contributed by atoms with van der Waals surface area (Å²) in [6.07, 6.45) is 1.40. The van der Waals surface area contributed by atoms with Gasteiger partial charge in [0.15, 0.2) is 0 Å². The summed E-state index contributed by atoms with van der Waals surface area (Å²) in [5, 5.41) is 2.96. The summed E-state index contributed by atoms with van der Waals surface area (Å²) >= 11 is 0. The summed E-state index contributed by atoms with van der Waals surface area (Å²) in [6, 6.07) is 8.75. The number of benzene rings is 1. The number of hydrogen-bond acceptors (Lipinski definition) is 5. The molecular weight excluding hydrogens is 436 g/mol. The average molecular weight is 469 g/mol. The first-order valence-electron chi connectivity index (χ1n) is 12.0. The Kier molecular flexibility index (Phi) is 7.19. The largest absolute Gasteiger partial charge is 0.466 e. The minimum atomic E-state index is -0.499. The number of ether oxygens (including phenoxy) is 1. The van der Waals surface area contributed by atoms with Gasteiger partial charge < -0.3 is 19.9 Å². The molecule has 3 aliphatic heterocycles. The van der Waals surface area contributed by atoms with Crippen LogP contribution in [0.25, 0.3) is 0 Å². The van der Waals surface area contributed by atoms with Gasteiger partial charge in [0.25, 0.3) is 5.91 Å². The molecule has 3 aliphatic rings. The molecule has 0 spiro atoms. The lowest BCUT2D eigenvalue weighted by Gasteiger charge is -2.32. The maximum absolute atomic E-state index is 13.4. The normalized spacial score (nSPS) is 21.0. The van der Waals surface area contributed by atoms with Crippen LogP contribution in [-0.2, 0) is 19.1 Å². The van der Waals surface area contributed by atoms with E-state index in [1.54, 1.807) is 21.6 Å². The lowest BCUT2D eigenvalue weighted by molar-refractivity contribution is -0.151. The Hall–Kier alpha value is -3.36. The van der Waals surface area contributed by atoms with Gasteiger partial charge in [-0.1, -0.05) is 30.3 Å². The Labute approximate surface area is 199 Å². The van der Waals surface area contributed by atoms with Crippen molar-refractivity contribution >= 4 is 23.8 Å². The van der Waals surface area contributed by atoms with E-state index in [0.717, 1.165) is 5.56 Å². The van der Waals surface area contributed by atoms with E-state index in [9.17, 15) is 19.2 Å². The molecule has 1 N–H and O–H groups in total. The van der Waals surface area contributed by atoms with E-state index >= 15 is 0 Å². The number of nitrogens with one attached hydrogen (secondary N) is 1. The Morgan fingerprint density at radius 1 is 1.09 bits per heavy atom. The van der Waals surface area contributed by atoms with Gasteiger partial charge in [-0.2, -0.15) is 0 Å². The van der Waals surface area contributed by atoms with Crippen molar-refractivity contribution in [2.75, 3.05) is 39.3 Å². The highest BCUT2D eigenvalue weighted by Crippen LogP contribution is 2.36. The fourth-order valence-electron chi connectivity index (χ4n) is 4.97. The monoisotopic (exact) mass is 468 g/mol. The SMILES string of the molecule is CCOC(=O)C1CCN(C(=O)CCN2CC3=C(C2=O)C(c2ccccc2)NC(=O)N3CC)CC1. The van der Waals surface area contributed by atoms with E-state index in [4.69, 9.17) is 4.74 Å². The minimum Gasteiger partial charge on any atom is -0.466 e. The molecule has 4 rings (SSSR count). The zero-order valence-corrected chi connectivity index (χ0v) is 19.8. The van der Waals surface area contributed by atoms with Gasteiger partial charge in [0.2, 0.25) is 5.91 Å². The zero-order chi connectivity index (χ0) is 24.2. The van der Waals surface area contributed by atoms with Crippen LogP contribution in [0, 0.1) is 5.92 Å². The van der Waals surface area contributed by atoms with Crippen molar-refractivity contribution in [2.45, 2.75) is 39.2 Å². The minimum absolute atomic E-state index is 0.0267. The molecule has 9 heteroatoms. The number of likely N-dealkylation sites (N-methyl/N-ethyl adjacent to an activating group) is 1. The number of piperidine rings is 1. The lowest BCUT2D eigenvalue weighted by Crippen LogP contribution is -2.47. The number of urea groups is 1. The molecule has 4 amide bonds. The summed E-state index contributed by atoms with van der Waals surface area (Å²) in [5.74, 6) is -0.511. The number of hydrogen-bond donors (Lipinski definition) is 1. The van der Waals surface area contributed by atoms with Crippen molar-refractivity contribution in [2.24, 2.45) is 5.92 Å². The van der Waals surface area contributed by atoms with Crippen LogP contribution in [-0.4, -0.2) is 77.8 Å². The molecular formula is C25H32N4O5. The Bertz CT molecular complexity index is 984. The number of carbonyl (C=O) groups excluding carboxylic acids is 4. The van der Waals surface area contributed by atoms with Crippen LogP contribution in [0.1, 0.15) is 44.7 Å². The molecule has 1 saturated heterocycles. The standard InChI is InChI=1S/C25H32N4O5/c1-3-29-19-16-28(15-12-20(30)27-13-10-18(11-14-27)24(32)34-4-2)23(31)21(19)22(26-25(29)33)17-8-6-5-7-9-17/h5-9,18,22H,3-4,10-16H2,1-2H3,(H,26,33). The molecule has 1 fully saturated rings. The van der Waals surface area contributed by atoms with Crippen molar-refractivity contribution < 1.29 is 23.9 Å². The number of amides is 4. The molecule has 0 aromatic heterocycles. The number of carbonyl (C=O) groups is 4. The molecule has 1 unspecified atom stereocenters. The molecule has 34 heavy (non-hydrogen) atoms. The van der Waals surface area contributed by atoms with Crippen LogP contribution >= 0.6 is 0 Å². The van der Waals surface area contributed by atoms with E-state index in [1.165, 1.54) is 0 Å². The molecule has 1 aromatic rings. The van der Waals surface area contributed by atoms with Crippen molar-refractivity contribution in [1.82, 2.24) is 20.0 Å². The summed E-state index contributed by atoms with van der Waals surface area (Å²) in [6.45, 7) is 6.13. The average Bonchev–Trinajstić information content (AvgIpc) is 3.18. The van der Waals surface area contributed by atoms with Crippen molar-refractivity contribution in [3.63, 3.8) is 0 Å². The molecule has 182 valence electrons. The van der Waals surface area contributed by atoms with Crippen LogP contribution in [0.4, 0.5) is 4.79 Å². The van der Waals surface area contributed by atoms with Gasteiger partial charge in [-0.15, -0.1) is 0 Å². The first-order valence-corrected chi connectivity index (χ1v) is 12.0. The summed E-state index contributed by atoms with van der Waals surface area (Å²) < 4.78 is 5.09. The number of nitrogens with zero attached hydrogens (tertiary/aromatic N) is 3. The number of rotatable bonds is 7. The highest BCUT2D eigenvalue weighted by Gasteiger charge is 2.43. The maximum atomic E-state index is 13.4. The summed E-state index contributed by atoms with van der Waals surface area (Å²) in [7, 11) is 0. The summed E-state index contributed by atoms with van der Waals surface area (Å²) in [5.41, 5.74) is 2.15. The van der Waals surface area contributed by atoms with E-state index in [-0.39, 0.29) is 42.7 Å². The maximum Gasteiger partial charge on any atom is 0.322 e. The first-order chi connectivity index (χ1) is 16.4. The molecule has 0 radical (unpaired) electrons. The Balaban J connectivity index is 1.39. The fraction of sp³-hybridized carbons (Fsp3) is 0.520. The Morgan fingerprint density at radius 2 is 1.79 bits per heavy atom. The molecule has 3 heterocycles. The highest BCUT2D eigenvalue weighted by atomic mass is 16.5. The van der Waals surface area contributed by atoms with Gasteiger partial charge in [-0.05, 0) is 32.3 Å². The smallest absolute Gasteiger partial charge is 0.322 e. The van der Waals surface area contributed by atoms with Gasteiger partial charge >= 0.3 is 12.0 Å². The second-order valence-corrected chi connectivity index (χ2v) is 8.78. The third-order valence-electron chi connectivity index (χ3n) is 6.81. The molecule has 1 atom stereocenters. The second kappa shape index (κ2) is 10.3. The van der Waals surface area contributed by atoms with Gasteiger partial charge in [0.05, 0.1) is 36.4 Å². The molecule has 0 bridgehead atoms.